The molecule has 2 aliphatic rings. The molecular formula is C80H163BN15O21P5. The van der Waals surface area contributed by atoms with Gasteiger partial charge in [-0.05, 0) is 194 Å². The number of nitrogen functional groups attached to an aromatic ring is 2. The summed E-state index contributed by atoms with van der Waals surface area (Å²) in [5.74, 6) is -0.0592. The van der Waals surface area contributed by atoms with Crippen LogP contribution in [0.15, 0.2) is 25.3 Å². The predicted molar refractivity (Wildman–Crippen MR) is 486 cm³/mol. The van der Waals surface area contributed by atoms with E-state index in [1.165, 1.54) is 291 Å². The van der Waals surface area contributed by atoms with Crippen LogP contribution in [0.25, 0.3) is 22.3 Å². The van der Waals surface area contributed by atoms with E-state index >= 15 is 0 Å². The molecule has 2 fully saturated rings. The number of phosphoric ester groups is 2. The maximum absolute atomic E-state index is 12.5. The third kappa shape index (κ3) is 49.2. The van der Waals surface area contributed by atoms with E-state index in [0.717, 1.165) is 34.4 Å². The van der Waals surface area contributed by atoms with Crippen LogP contribution in [0.2, 0.25) is 0 Å². The summed E-state index contributed by atoms with van der Waals surface area (Å²) in [6, 6.07) is 0. The van der Waals surface area contributed by atoms with E-state index in [-0.39, 0.29) is 34.0 Å². The number of ether oxygens (including phenoxy) is 2. The van der Waals surface area contributed by atoms with Gasteiger partial charge in [-0.15, -0.1) is 0 Å². The molecule has 42 heteroatoms. The molecule has 6 heterocycles. The Kier molecular flexibility index (Phi) is 64.6. The summed E-state index contributed by atoms with van der Waals surface area (Å²) in [6.45, 7) is 51.6. The van der Waals surface area contributed by atoms with Crippen molar-refractivity contribution in [2.24, 2.45) is 0 Å². The Morgan fingerprint density at radius 3 is 0.738 bits per heavy atom. The van der Waals surface area contributed by atoms with Crippen LogP contribution in [0, 0.1) is 0 Å². The number of anilines is 2. The largest absolute Gasteiger partial charge is 0.487 e. The molecule has 0 amide bonds. The molecule has 2 radical (unpaired) electrons. The third-order valence-electron chi connectivity index (χ3n) is 20.1. The molecule has 12 N–H and O–H groups in total. The van der Waals surface area contributed by atoms with Crippen LogP contribution in [0.3, 0.4) is 0 Å². The summed E-state index contributed by atoms with van der Waals surface area (Å²) in [6.07, 6.45) is 31.6. The molecule has 4 aromatic heterocycles. The van der Waals surface area contributed by atoms with Crippen molar-refractivity contribution in [3.05, 3.63) is 25.3 Å². The number of nitrogens with two attached hydrogens (primary N) is 2. The molecule has 4 aromatic rings. The normalized spacial score (nSPS) is 20.3. The number of aromatic nitrogens is 8. The number of aliphatic hydroxyl groups is 4. The van der Waals surface area contributed by atoms with Crippen LogP contribution >= 0.6 is 38.8 Å². The lowest BCUT2D eigenvalue weighted by Gasteiger charge is -2.23. The number of aliphatic hydroxyl groups excluding tert-OH is 4. The molecule has 0 aliphatic carbocycles. The predicted octanol–water partition coefficient (Wildman–Crippen LogP) is 16.3. The Morgan fingerprint density at radius 1 is 0.336 bits per heavy atom. The second-order valence-corrected chi connectivity index (χ2v) is 39.1. The van der Waals surface area contributed by atoms with Gasteiger partial charge in [0.05, 0.1) is 25.9 Å². The van der Waals surface area contributed by atoms with Gasteiger partial charge in [-0.3, -0.25) is 22.7 Å². The minimum atomic E-state index is -6.21. The first-order valence-corrected chi connectivity index (χ1v) is 53.1. The molecule has 0 aromatic carbocycles. The minimum absolute atomic E-state index is 0.0296. The average Bonchev–Trinajstić information content (AvgIpc) is 1.62. The number of fused-ring (bicyclic) bond motifs is 2. The molecule has 0 saturated carbocycles. The lowest BCUT2D eigenvalue weighted by Crippen LogP contribution is -2.33. The molecule has 0 spiro atoms. The first-order chi connectivity index (χ1) is 58.1. The summed E-state index contributed by atoms with van der Waals surface area (Å²) in [5.41, 5.74) is 11.8. The molecule has 712 valence electrons. The van der Waals surface area contributed by atoms with Crippen molar-refractivity contribution < 1.29 is 98.6 Å². The van der Waals surface area contributed by atoms with Crippen molar-refractivity contribution >= 4 is 80.3 Å². The van der Waals surface area contributed by atoms with E-state index < -0.39 is 101 Å². The Bertz CT molecular complexity index is 3150. The smallest absolute Gasteiger partial charge is 0.387 e. The Labute approximate surface area is 732 Å². The van der Waals surface area contributed by atoms with Crippen LogP contribution in [0.4, 0.5) is 11.6 Å². The van der Waals surface area contributed by atoms with Gasteiger partial charge in [0, 0.05) is 0 Å². The highest BCUT2D eigenvalue weighted by molar-refractivity contribution is 7.87. The van der Waals surface area contributed by atoms with Gasteiger partial charge in [-0.1, -0.05) is 200 Å². The Morgan fingerprint density at radius 2 is 0.541 bits per heavy atom. The van der Waals surface area contributed by atoms with Gasteiger partial charge in [0.2, 0.25) is 7.57 Å². The highest BCUT2D eigenvalue weighted by Gasteiger charge is 2.50. The van der Waals surface area contributed by atoms with Crippen LogP contribution in [-0.4, -0.2) is 259 Å². The van der Waals surface area contributed by atoms with Crippen LogP contribution in [0.1, 0.15) is 309 Å². The molecule has 122 heavy (non-hydrogen) atoms. The summed E-state index contributed by atoms with van der Waals surface area (Å²) >= 11 is 0. The number of unbranched alkanes of at least 4 members (excludes halogenated alkanes) is 15. The van der Waals surface area contributed by atoms with Gasteiger partial charge in [-0.2, -0.15) is 8.62 Å². The van der Waals surface area contributed by atoms with Gasteiger partial charge in [0.1, 0.15) is 60.3 Å². The molecule has 2 aliphatic heterocycles. The zero-order valence-corrected chi connectivity index (χ0v) is 81.3. The van der Waals surface area contributed by atoms with E-state index in [2.05, 4.69) is 185 Å². The number of imidazole rings is 2. The average molecular weight is 1840 g/mol. The van der Waals surface area contributed by atoms with E-state index in [1.807, 2.05) is 0 Å². The number of hydrogen-bond donors (Lipinski definition) is 10. The summed E-state index contributed by atoms with van der Waals surface area (Å²) in [4.78, 5) is 76.3. The maximum atomic E-state index is 12.5. The van der Waals surface area contributed by atoms with Crippen LogP contribution < -0.4 is 11.5 Å². The second-order valence-electron chi connectivity index (χ2n) is 31.1. The lowest BCUT2D eigenvalue weighted by atomic mass is 10.1. The van der Waals surface area contributed by atoms with Crippen molar-refractivity contribution in [2.45, 2.75) is 346 Å². The number of rotatable bonds is 61. The van der Waals surface area contributed by atoms with Crippen molar-refractivity contribution in [3.63, 3.8) is 0 Å². The molecular weight excluding hydrogens is 1670 g/mol. The van der Waals surface area contributed by atoms with E-state index in [9.17, 15) is 62.8 Å². The zero-order valence-electron chi connectivity index (χ0n) is 76.8. The molecule has 6 rings (SSSR count). The number of hydrogen-bond acceptors (Lipinski definition) is 30. The Hall–Kier alpha value is -2.93. The fraction of sp³-hybridized carbons (Fsp3) is 0.875. The van der Waals surface area contributed by atoms with E-state index in [4.69, 9.17) is 28.5 Å². The fourth-order valence-corrected chi connectivity index (χ4v) is 19.3. The number of phosphoric acid groups is 4. The quantitative estimate of drug-likeness (QED) is 0.0145. The minimum Gasteiger partial charge on any atom is -0.387 e. The first-order valence-electron chi connectivity index (χ1n) is 45.5. The molecule has 2 saturated heterocycles. The van der Waals surface area contributed by atoms with Gasteiger partial charge in [-0.25, -0.2) is 56.8 Å². The maximum Gasteiger partial charge on any atom is 0.487 e. The molecule has 0 bridgehead atoms. The van der Waals surface area contributed by atoms with E-state index in [0.29, 0.717) is 0 Å². The monoisotopic (exact) mass is 1840 g/mol. The lowest BCUT2D eigenvalue weighted by molar-refractivity contribution is -0.0503. The SMILES string of the molecule is CCCCN(CCCC)CCCC.CCCCN(CCCC)CCCC.CCCCN(CCCC)CCCC.CCCCN(CCCC)CCCC.CCCCN(CCCC)CCCC.[B]P(=O)(OP(=O)(O)OP(=O)(O)OCC1OC(n2cnc3c(N)ncnc32)C(O)C1O)OP(=O)(O)OP(=O)(O)OCC1OC(n2cnc3c(N)ncnc32)C(O)C1O. The standard InChI is InChI=1S/C20H28BN10O21P5.5C12H27N/c21-53(36,49-56(41,42)51-54(37,38)45-1-7-11(32)13(34)19(47-7)30-5-28-9-15(22)24-3-26-17(9)30)50-57(43,44)52-55(39,40)46-2-8-12(33)14(35)20(48-8)31-6-29-10-16(23)25-4-27-18(10)31;5*1-4-7-10-13(11-8-5-2)12-9-6-3/h3-8,11-14,19-20,32-35H,1-2H2,(H,37,38)(H,39,40)(H,41,42)(H,43,44)(H2,22,24,26)(H2,23,25,27);5*4-12H2,1-3H3. The van der Waals surface area contributed by atoms with E-state index in [1.54, 1.807) is 0 Å². The summed E-state index contributed by atoms with van der Waals surface area (Å²) in [7, 11) is -25.0. The summed E-state index contributed by atoms with van der Waals surface area (Å²) in [5, 5.41) is 41.8. The Balaban J connectivity index is 0.000000918. The molecule has 36 nitrogen and oxygen atoms in total. The molecule has 12 atom stereocenters. The van der Waals surface area contributed by atoms with Crippen molar-refractivity contribution in [2.75, 3.05) is 123 Å². The van der Waals surface area contributed by atoms with Crippen molar-refractivity contribution in [1.29, 1.82) is 0 Å². The van der Waals surface area contributed by atoms with Gasteiger partial charge < -0.3 is 85.4 Å². The van der Waals surface area contributed by atoms with Crippen LogP contribution in [-0.2, 0) is 58.6 Å². The topological polar surface area (TPSA) is 476 Å². The highest BCUT2D eigenvalue weighted by atomic mass is 31.3. The summed E-state index contributed by atoms with van der Waals surface area (Å²) < 4.78 is 100. The van der Waals surface area contributed by atoms with Crippen molar-refractivity contribution in [1.82, 2.24) is 63.5 Å². The van der Waals surface area contributed by atoms with Gasteiger partial charge in [0.15, 0.2) is 35.4 Å². The highest BCUT2D eigenvalue weighted by Crippen LogP contribution is 2.73. The van der Waals surface area contributed by atoms with Crippen LogP contribution in [0.5, 0.6) is 0 Å². The fourth-order valence-electron chi connectivity index (χ4n) is 12.7. The van der Waals surface area contributed by atoms with Crippen molar-refractivity contribution in [3.8, 4) is 0 Å². The van der Waals surface area contributed by atoms with Gasteiger partial charge >= 0.3 is 31.3 Å². The first kappa shape index (κ1) is 117. The number of nitrogens with zero attached hydrogens (tertiary/aromatic N) is 13. The zero-order chi connectivity index (χ0) is 91.6. The van der Waals surface area contributed by atoms with Gasteiger partial charge in [0.25, 0.3) is 7.47 Å². The second kappa shape index (κ2) is 67.3. The third-order valence-corrected chi connectivity index (χ3v) is 27.8. The molecule has 12 unspecified atom stereocenters.